The molecule has 0 spiro atoms. The molecule has 1 amide bonds. The highest BCUT2D eigenvalue weighted by Gasteiger charge is 1.94. The molecule has 0 aromatic rings. The van der Waals surface area contributed by atoms with E-state index < -0.39 is 0 Å². The Bertz CT molecular complexity index is 116. The summed E-state index contributed by atoms with van der Waals surface area (Å²) in [6.45, 7) is 7.07. The SMILES string of the molecule is CC.CCCCCCCNC(=O)CN. The number of nitrogens with two attached hydrogens (primary N) is 1. The van der Waals surface area contributed by atoms with E-state index in [1.54, 1.807) is 0 Å². The molecule has 0 fully saturated rings. The van der Waals surface area contributed by atoms with Crippen molar-refractivity contribution in [1.29, 1.82) is 0 Å². The number of unbranched alkanes of at least 4 members (excludes halogenated alkanes) is 4. The fourth-order valence-corrected chi connectivity index (χ4v) is 1.03. The fourth-order valence-electron chi connectivity index (χ4n) is 1.03. The summed E-state index contributed by atoms with van der Waals surface area (Å²) < 4.78 is 0. The maximum absolute atomic E-state index is 10.7. The van der Waals surface area contributed by atoms with Crippen LogP contribution in [-0.2, 0) is 4.79 Å². The Balaban J connectivity index is 0. The minimum Gasteiger partial charge on any atom is -0.355 e. The second kappa shape index (κ2) is 14.9. The van der Waals surface area contributed by atoms with E-state index in [0.29, 0.717) is 0 Å². The van der Waals surface area contributed by atoms with Crippen molar-refractivity contribution in [3.63, 3.8) is 0 Å². The Labute approximate surface area is 88.4 Å². The van der Waals surface area contributed by atoms with Crippen LogP contribution in [0, 0.1) is 0 Å². The molecule has 0 aliphatic rings. The van der Waals surface area contributed by atoms with Gasteiger partial charge >= 0.3 is 0 Å². The summed E-state index contributed by atoms with van der Waals surface area (Å²) in [5, 5.41) is 2.75. The summed E-state index contributed by atoms with van der Waals surface area (Å²) in [7, 11) is 0. The predicted molar refractivity (Wildman–Crippen MR) is 62.2 cm³/mol. The quantitative estimate of drug-likeness (QED) is 0.621. The molecule has 86 valence electrons. The van der Waals surface area contributed by atoms with Gasteiger partial charge < -0.3 is 11.1 Å². The molecule has 14 heavy (non-hydrogen) atoms. The first kappa shape index (κ1) is 15.9. The second-order valence-electron chi connectivity index (χ2n) is 2.97. The van der Waals surface area contributed by atoms with Gasteiger partial charge in [0.2, 0.25) is 5.91 Å². The second-order valence-corrected chi connectivity index (χ2v) is 2.97. The van der Waals surface area contributed by atoms with Gasteiger partial charge in [-0.15, -0.1) is 0 Å². The molecule has 0 aromatic carbocycles. The van der Waals surface area contributed by atoms with Crippen LogP contribution in [0.3, 0.4) is 0 Å². The van der Waals surface area contributed by atoms with E-state index in [1.807, 2.05) is 13.8 Å². The van der Waals surface area contributed by atoms with Crippen LogP contribution in [0.2, 0.25) is 0 Å². The van der Waals surface area contributed by atoms with Crippen LogP contribution in [0.1, 0.15) is 52.9 Å². The highest BCUT2D eigenvalue weighted by Crippen LogP contribution is 2.00. The number of carbonyl (C=O) groups excluding carboxylic acids is 1. The summed E-state index contributed by atoms with van der Waals surface area (Å²) in [5.74, 6) is -0.0505. The Morgan fingerprint density at radius 1 is 1.14 bits per heavy atom. The van der Waals surface area contributed by atoms with Crippen molar-refractivity contribution >= 4 is 5.91 Å². The van der Waals surface area contributed by atoms with Crippen LogP contribution in [0.4, 0.5) is 0 Å². The number of hydrogen-bond donors (Lipinski definition) is 2. The van der Waals surface area contributed by atoms with Gasteiger partial charge in [-0.3, -0.25) is 4.79 Å². The van der Waals surface area contributed by atoms with Crippen molar-refractivity contribution in [3.05, 3.63) is 0 Å². The third-order valence-electron chi connectivity index (χ3n) is 1.79. The van der Waals surface area contributed by atoms with Crippen molar-refractivity contribution in [2.24, 2.45) is 5.73 Å². The van der Waals surface area contributed by atoms with Gasteiger partial charge in [0.25, 0.3) is 0 Å². The standard InChI is InChI=1S/C9H20N2O.C2H6/c1-2-3-4-5-6-7-11-9(12)8-10;1-2/h2-8,10H2,1H3,(H,11,12);1-2H3. The molecule has 0 radical (unpaired) electrons. The van der Waals surface area contributed by atoms with E-state index in [4.69, 9.17) is 5.73 Å². The lowest BCUT2D eigenvalue weighted by Crippen LogP contribution is -2.30. The average Bonchev–Trinajstić information content (AvgIpc) is 2.25. The molecule has 0 aliphatic carbocycles. The van der Waals surface area contributed by atoms with Crippen LogP contribution in [-0.4, -0.2) is 19.0 Å². The maximum Gasteiger partial charge on any atom is 0.233 e. The Morgan fingerprint density at radius 3 is 2.21 bits per heavy atom. The van der Waals surface area contributed by atoms with E-state index in [2.05, 4.69) is 12.2 Å². The van der Waals surface area contributed by atoms with Crippen LogP contribution in [0.5, 0.6) is 0 Å². The minimum atomic E-state index is -0.0505. The Hall–Kier alpha value is -0.570. The zero-order valence-corrected chi connectivity index (χ0v) is 9.94. The lowest BCUT2D eigenvalue weighted by Gasteiger charge is -2.02. The zero-order chi connectivity index (χ0) is 11.2. The summed E-state index contributed by atoms with van der Waals surface area (Å²) in [5.41, 5.74) is 5.12. The number of carbonyl (C=O) groups is 1. The van der Waals surface area contributed by atoms with Crippen molar-refractivity contribution in [2.75, 3.05) is 13.1 Å². The molecule has 0 aromatic heterocycles. The summed E-state index contributed by atoms with van der Waals surface area (Å²) in [4.78, 5) is 10.7. The number of hydrogen-bond acceptors (Lipinski definition) is 2. The molecule has 0 saturated carbocycles. The highest BCUT2D eigenvalue weighted by molar-refractivity contribution is 5.77. The Kier molecular flexibility index (Phi) is 16.9. The molecule has 0 heterocycles. The fraction of sp³-hybridized carbons (Fsp3) is 0.909. The van der Waals surface area contributed by atoms with Gasteiger partial charge in [0, 0.05) is 6.54 Å². The number of nitrogens with one attached hydrogen (secondary N) is 1. The molecule has 0 unspecified atom stereocenters. The van der Waals surface area contributed by atoms with Crippen LogP contribution in [0.25, 0.3) is 0 Å². The number of rotatable bonds is 7. The lowest BCUT2D eigenvalue weighted by atomic mass is 10.1. The zero-order valence-electron chi connectivity index (χ0n) is 9.94. The molecular weight excluding hydrogens is 176 g/mol. The van der Waals surface area contributed by atoms with Crippen molar-refractivity contribution in [1.82, 2.24) is 5.32 Å². The first-order chi connectivity index (χ1) is 6.81. The van der Waals surface area contributed by atoms with E-state index in [1.165, 1.54) is 25.7 Å². The molecule has 3 nitrogen and oxygen atoms in total. The van der Waals surface area contributed by atoms with Crippen molar-refractivity contribution in [2.45, 2.75) is 52.9 Å². The van der Waals surface area contributed by atoms with Gasteiger partial charge in [-0.2, -0.15) is 0 Å². The molecule has 0 aliphatic heterocycles. The molecule has 0 rings (SSSR count). The third-order valence-corrected chi connectivity index (χ3v) is 1.79. The molecule has 0 saturated heterocycles. The predicted octanol–water partition coefficient (Wildman–Crippen LogP) is 2.06. The largest absolute Gasteiger partial charge is 0.355 e. The van der Waals surface area contributed by atoms with Gasteiger partial charge in [0.1, 0.15) is 0 Å². The monoisotopic (exact) mass is 202 g/mol. The summed E-state index contributed by atoms with van der Waals surface area (Å²) in [6, 6.07) is 0. The van der Waals surface area contributed by atoms with Gasteiger partial charge in [0.05, 0.1) is 6.54 Å². The molecule has 0 atom stereocenters. The average molecular weight is 202 g/mol. The topological polar surface area (TPSA) is 55.1 Å². The Morgan fingerprint density at radius 2 is 1.71 bits per heavy atom. The maximum atomic E-state index is 10.7. The molecule has 3 N–H and O–H groups in total. The van der Waals surface area contributed by atoms with E-state index >= 15 is 0 Å². The van der Waals surface area contributed by atoms with E-state index in [-0.39, 0.29) is 12.5 Å². The third kappa shape index (κ3) is 14.0. The van der Waals surface area contributed by atoms with Gasteiger partial charge in [-0.1, -0.05) is 46.5 Å². The first-order valence-corrected chi connectivity index (χ1v) is 5.78. The lowest BCUT2D eigenvalue weighted by molar-refractivity contribution is -0.119. The van der Waals surface area contributed by atoms with Crippen molar-refractivity contribution in [3.8, 4) is 0 Å². The van der Waals surface area contributed by atoms with Crippen LogP contribution in [0.15, 0.2) is 0 Å². The van der Waals surface area contributed by atoms with Gasteiger partial charge in [-0.05, 0) is 6.42 Å². The number of amides is 1. The van der Waals surface area contributed by atoms with E-state index in [9.17, 15) is 4.79 Å². The van der Waals surface area contributed by atoms with Gasteiger partial charge in [0.15, 0.2) is 0 Å². The van der Waals surface area contributed by atoms with Gasteiger partial charge in [-0.25, -0.2) is 0 Å². The molecular formula is C11H26N2O. The molecule has 3 heteroatoms. The summed E-state index contributed by atoms with van der Waals surface area (Å²) in [6.07, 6.45) is 6.11. The summed E-state index contributed by atoms with van der Waals surface area (Å²) >= 11 is 0. The first-order valence-electron chi connectivity index (χ1n) is 5.78. The normalized spacial score (nSPS) is 8.86. The highest BCUT2D eigenvalue weighted by atomic mass is 16.1. The van der Waals surface area contributed by atoms with Crippen LogP contribution < -0.4 is 11.1 Å². The minimum absolute atomic E-state index is 0.0505. The van der Waals surface area contributed by atoms with Crippen molar-refractivity contribution < 1.29 is 4.79 Å². The van der Waals surface area contributed by atoms with Crippen LogP contribution >= 0.6 is 0 Å². The molecule has 0 bridgehead atoms. The van der Waals surface area contributed by atoms with E-state index in [0.717, 1.165) is 13.0 Å². The smallest absolute Gasteiger partial charge is 0.233 e.